The lowest BCUT2D eigenvalue weighted by atomic mass is 9.88. The molecule has 4 N–H and O–H groups in total. The highest BCUT2D eigenvalue weighted by Crippen LogP contribution is 2.47. The largest absolute Gasteiger partial charge is 0.478 e. The smallest absolute Gasteiger partial charge is 0.405 e. The van der Waals surface area contributed by atoms with Crippen molar-refractivity contribution >= 4 is 56.2 Å². The van der Waals surface area contributed by atoms with E-state index < -0.39 is 74.1 Å². The van der Waals surface area contributed by atoms with Gasteiger partial charge in [-0.15, -0.1) is 0 Å². The molecule has 2 aliphatic heterocycles. The Morgan fingerprint density at radius 1 is 1.17 bits per heavy atom. The van der Waals surface area contributed by atoms with E-state index in [4.69, 9.17) is 21.1 Å². The van der Waals surface area contributed by atoms with Crippen LogP contribution < -0.4 is 24.8 Å². The molecule has 53 heavy (non-hydrogen) atoms. The van der Waals surface area contributed by atoms with E-state index in [1.165, 1.54) is 4.90 Å². The Kier molecular flexibility index (Phi) is 10.9. The quantitative estimate of drug-likeness (QED) is 0.263. The van der Waals surface area contributed by atoms with Crippen LogP contribution >= 0.6 is 11.6 Å². The number of allylic oxidation sites excluding steroid dienone is 1. The maximum atomic E-state index is 14.4. The Morgan fingerprint density at radius 3 is 2.62 bits per heavy atom. The summed E-state index contributed by atoms with van der Waals surface area (Å²) in [5, 5.41) is 16.7. The first-order valence-corrected chi connectivity index (χ1v) is 20.2. The van der Waals surface area contributed by atoms with Gasteiger partial charge in [0.2, 0.25) is 33.6 Å². The predicted octanol–water partition coefficient (Wildman–Crippen LogP) is 4.55. The SMILES string of the molecule is CCCOc1cc2c(Cl)cccc2c(O[C@@H]2C[C@H]3C(=O)N[C@]4(C(=O)NS(=O)(=O)C5(C)CC5)C[C@H]4C=CCC[C@@H](C)C[C@@H](C)[C@H](NC(=O)O)C(=O)N3C2)n1. The number of ether oxygens (including phenoxy) is 2. The minimum Gasteiger partial charge on any atom is -0.478 e. The second-order valence-corrected chi connectivity index (χ2v) is 17.9. The third kappa shape index (κ3) is 8.06. The molecule has 2 saturated carbocycles. The van der Waals surface area contributed by atoms with Crippen molar-refractivity contribution in [3.8, 4) is 11.8 Å². The zero-order valence-electron chi connectivity index (χ0n) is 30.4. The van der Waals surface area contributed by atoms with Gasteiger partial charge >= 0.3 is 6.09 Å². The van der Waals surface area contributed by atoms with Crippen molar-refractivity contribution in [2.24, 2.45) is 17.8 Å². The van der Waals surface area contributed by atoms with Crippen LogP contribution in [0.2, 0.25) is 5.02 Å². The molecular formula is C37H48ClN5O9S. The fourth-order valence-electron chi connectivity index (χ4n) is 7.44. The Balaban J connectivity index is 1.35. The summed E-state index contributed by atoms with van der Waals surface area (Å²) in [5.41, 5.74) is -1.56. The van der Waals surface area contributed by atoms with Crippen LogP contribution in [-0.2, 0) is 24.4 Å². The molecule has 4 aliphatic rings. The van der Waals surface area contributed by atoms with Gasteiger partial charge < -0.3 is 30.1 Å². The fraction of sp³-hybridized carbons (Fsp3) is 0.595. The van der Waals surface area contributed by atoms with E-state index in [0.29, 0.717) is 48.1 Å². The minimum atomic E-state index is -4.01. The van der Waals surface area contributed by atoms with Crippen LogP contribution in [-0.4, -0.2) is 88.8 Å². The minimum absolute atomic E-state index is 0.0273. The topological polar surface area (TPSA) is 193 Å². The predicted molar refractivity (Wildman–Crippen MR) is 197 cm³/mol. The van der Waals surface area contributed by atoms with Crippen LogP contribution in [0.25, 0.3) is 10.8 Å². The number of fused-ring (bicyclic) bond motifs is 3. The monoisotopic (exact) mass is 773 g/mol. The molecule has 6 rings (SSSR count). The van der Waals surface area contributed by atoms with Gasteiger partial charge in [-0.05, 0) is 75.8 Å². The zero-order valence-corrected chi connectivity index (χ0v) is 32.0. The van der Waals surface area contributed by atoms with E-state index in [1.807, 2.05) is 26.0 Å². The van der Waals surface area contributed by atoms with Crippen LogP contribution in [0.3, 0.4) is 0 Å². The first kappa shape index (κ1) is 38.6. The number of benzene rings is 1. The number of nitrogens with one attached hydrogen (secondary N) is 3. The molecule has 288 valence electrons. The number of carboxylic acid groups (broad SMARTS) is 1. The van der Waals surface area contributed by atoms with E-state index in [1.54, 1.807) is 38.1 Å². The molecule has 2 aliphatic carbocycles. The standard InChI is InChI=1S/C37H48ClN5O9S/c1-5-15-51-29-18-26-25(11-8-12-27(26)38)32(39-29)52-24-17-28-31(44)41-37(34(46)42-53(49,50)36(4)13-14-36)19-23(37)10-7-6-9-21(2)16-22(3)30(40-35(47)48)33(45)43(28)20-24/h7-8,10-12,18,21-24,28,30,40H,5-6,9,13-17,19-20H2,1-4H3,(H,41,44)(H,42,46)(H,47,48)/t21-,22-,23-,24-,28+,30+,37-/m1/s1. The average Bonchev–Trinajstić information content (AvgIpc) is 3.98. The van der Waals surface area contributed by atoms with E-state index in [2.05, 4.69) is 20.3 Å². The summed E-state index contributed by atoms with van der Waals surface area (Å²) in [6, 6.07) is 4.61. The molecule has 0 spiro atoms. The molecule has 7 atom stereocenters. The zero-order chi connectivity index (χ0) is 38.3. The summed E-state index contributed by atoms with van der Waals surface area (Å²) in [6.45, 7) is 7.66. The molecule has 1 aromatic heterocycles. The summed E-state index contributed by atoms with van der Waals surface area (Å²) >= 11 is 6.55. The lowest BCUT2D eigenvalue weighted by molar-refractivity contribution is -0.142. The molecule has 14 nitrogen and oxygen atoms in total. The van der Waals surface area contributed by atoms with Crippen LogP contribution in [0.1, 0.15) is 79.1 Å². The maximum absolute atomic E-state index is 14.4. The van der Waals surface area contributed by atoms with E-state index in [-0.39, 0.29) is 37.1 Å². The van der Waals surface area contributed by atoms with Crippen LogP contribution in [0.4, 0.5) is 4.79 Å². The number of aromatic nitrogens is 1. The van der Waals surface area contributed by atoms with Crippen LogP contribution in [0, 0.1) is 17.8 Å². The van der Waals surface area contributed by atoms with E-state index in [9.17, 15) is 32.7 Å². The highest BCUT2D eigenvalue weighted by Gasteiger charge is 2.63. The Labute approximate surface area is 314 Å². The highest BCUT2D eigenvalue weighted by atomic mass is 35.5. The number of amides is 4. The molecule has 4 amide bonds. The van der Waals surface area contributed by atoms with Gasteiger partial charge in [-0.25, -0.2) is 13.2 Å². The number of carbonyl (C=O) groups is 4. The molecular weight excluding hydrogens is 726 g/mol. The number of pyridine rings is 1. The number of hydrogen-bond acceptors (Lipinski definition) is 9. The molecule has 2 aromatic rings. The molecule has 3 fully saturated rings. The molecule has 1 saturated heterocycles. The van der Waals surface area contributed by atoms with Crippen molar-refractivity contribution in [3.05, 3.63) is 41.4 Å². The molecule has 0 unspecified atom stereocenters. The third-order valence-corrected chi connectivity index (χ3v) is 13.5. The summed E-state index contributed by atoms with van der Waals surface area (Å²) in [7, 11) is -4.01. The number of hydrogen-bond donors (Lipinski definition) is 4. The highest BCUT2D eigenvalue weighted by molar-refractivity contribution is 7.91. The van der Waals surface area contributed by atoms with Gasteiger partial charge in [0.1, 0.15) is 23.7 Å². The lowest BCUT2D eigenvalue weighted by Gasteiger charge is -2.32. The van der Waals surface area contributed by atoms with Gasteiger partial charge in [-0.2, -0.15) is 4.98 Å². The Bertz CT molecular complexity index is 1920. The van der Waals surface area contributed by atoms with Crippen molar-refractivity contribution in [2.45, 2.75) is 108 Å². The molecule has 3 heterocycles. The summed E-state index contributed by atoms with van der Waals surface area (Å²) in [4.78, 5) is 60.6. The number of sulfonamides is 1. The van der Waals surface area contributed by atoms with Crippen LogP contribution in [0.5, 0.6) is 11.8 Å². The average molecular weight is 774 g/mol. The van der Waals surface area contributed by atoms with Gasteiger partial charge in [-0.3, -0.25) is 19.1 Å². The number of nitrogens with zero attached hydrogens (tertiary/aromatic N) is 2. The summed E-state index contributed by atoms with van der Waals surface area (Å²) in [5.74, 6) is -2.44. The second-order valence-electron chi connectivity index (χ2n) is 15.3. The van der Waals surface area contributed by atoms with Crippen molar-refractivity contribution in [3.63, 3.8) is 0 Å². The second kappa shape index (κ2) is 15.0. The number of rotatable bonds is 9. The Hall–Kier alpha value is -4.11. The fourth-order valence-corrected chi connectivity index (χ4v) is 8.99. The number of carbonyl (C=O) groups excluding carboxylic acids is 3. The van der Waals surface area contributed by atoms with Crippen molar-refractivity contribution in [1.82, 2.24) is 25.2 Å². The van der Waals surface area contributed by atoms with Gasteiger partial charge in [-0.1, -0.05) is 50.6 Å². The van der Waals surface area contributed by atoms with Gasteiger partial charge in [0.15, 0.2) is 0 Å². The first-order valence-electron chi connectivity index (χ1n) is 18.3. The summed E-state index contributed by atoms with van der Waals surface area (Å²) < 4.78 is 39.7. The summed E-state index contributed by atoms with van der Waals surface area (Å²) in [6.07, 6.45) is 5.22. The van der Waals surface area contributed by atoms with Crippen LogP contribution in [0.15, 0.2) is 36.4 Å². The molecule has 16 heteroatoms. The van der Waals surface area contributed by atoms with Crippen molar-refractivity contribution < 1.29 is 42.2 Å². The van der Waals surface area contributed by atoms with E-state index in [0.717, 1.165) is 12.8 Å². The molecule has 1 aromatic carbocycles. The third-order valence-electron chi connectivity index (χ3n) is 11.0. The van der Waals surface area contributed by atoms with Crippen molar-refractivity contribution in [1.29, 1.82) is 0 Å². The van der Waals surface area contributed by atoms with Gasteiger partial charge in [0.25, 0.3) is 5.91 Å². The lowest BCUT2D eigenvalue weighted by Crippen LogP contribution is -2.59. The van der Waals surface area contributed by atoms with Gasteiger partial charge in [0, 0.05) is 34.2 Å². The first-order chi connectivity index (χ1) is 25.1. The molecule has 0 radical (unpaired) electrons. The van der Waals surface area contributed by atoms with E-state index >= 15 is 0 Å². The van der Waals surface area contributed by atoms with Crippen molar-refractivity contribution in [2.75, 3.05) is 13.2 Å². The van der Waals surface area contributed by atoms with Gasteiger partial charge in [0.05, 0.1) is 17.9 Å². The number of halogens is 1. The maximum Gasteiger partial charge on any atom is 0.405 e. The Morgan fingerprint density at radius 2 is 1.92 bits per heavy atom. The molecule has 0 bridgehead atoms. The normalized spacial score (nSPS) is 29.9.